The molecule has 1 heterocycles. The van der Waals surface area contributed by atoms with Crippen molar-refractivity contribution in [2.45, 2.75) is 114 Å². The van der Waals surface area contributed by atoms with Crippen LogP contribution in [-0.2, 0) is 75.1 Å². The van der Waals surface area contributed by atoms with Crippen molar-refractivity contribution in [1.29, 1.82) is 0 Å². The van der Waals surface area contributed by atoms with Crippen LogP contribution in [-0.4, -0.2) is 277 Å². The number of ether oxygens (including phenoxy) is 2. The van der Waals surface area contributed by atoms with Crippen molar-refractivity contribution in [1.82, 2.24) is 62.1 Å². The van der Waals surface area contributed by atoms with E-state index in [0.29, 0.717) is 57.1 Å². The normalized spacial score (nSPS) is 16.8. The molecule has 6 rings (SSSR count). The number of aliphatic carboxylic acids is 6. The number of hydrogen-bond donors (Lipinski definition) is 14. The van der Waals surface area contributed by atoms with Crippen LogP contribution in [0, 0.1) is 11.8 Å². The van der Waals surface area contributed by atoms with E-state index in [2.05, 4.69) is 42.5 Å². The number of carbonyl (C=O) groups excluding carboxylic acids is 7. The Morgan fingerprint density at radius 3 is 1.51 bits per heavy atom. The van der Waals surface area contributed by atoms with Crippen LogP contribution in [0.2, 0.25) is 0 Å². The second-order valence-electron chi connectivity index (χ2n) is 26.4. The highest BCUT2D eigenvalue weighted by Crippen LogP contribution is 2.32. The lowest BCUT2D eigenvalue weighted by Gasteiger charge is -2.32. The lowest BCUT2D eigenvalue weighted by molar-refractivity contribution is -0.146. The molecule has 1 aliphatic carbocycles. The van der Waals surface area contributed by atoms with E-state index < -0.39 is 109 Å². The third kappa shape index (κ3) is 31.0. The number of carbonyl (C=O) groups is 13. The summed E-state index contributed by atoms with van der Waals surface area (Å²) in [6.07, 6.45) is 4.39. The first-order valence-electron chi connectivity index (χ1n) is 35.4. The standard InChI is InChI=1S/C72H100N12O21/c1-104-52-25-21-47(22-26-52)11-10-18-60(85)75-40-61(86)77-56(16-6-8-27-73-62(87)41-81-29-31-82(42-63(88)89)33-35-84(44-65(92)93)36-34-83(32-30-81)43-64(90)91)68(97)76-39-48-19-23-49(24-20-48)67(96)78-58(38-55-53-14-4-2-12-50(53)37-51-13-3-5-15-54(51)55)69(98)74-28-9-7-17-57(70(99)100)79-72(103)80-59(71(101)102)45-105-46-66(94)95/h2-5,12-15,21-22,25-26,37,48-49,56-59H,6-11,16-20,23-24,27-36,38-46H2,1H3,(H,73,87)(H,74,98)(H,75,85)(H,76,97)(H,77,86)(H,78,96)(H,88,89)(H,90,91)(H,92,93)(H,94,95)(H,99,100)(H,101,102)(H2,79,80,103)/t48-,49-,56-,57-,58-,59-/m0/s1. The summed E-state index contributed by atoms with van der Waals surface area (Å²) in [6.45, 7) is -0.764. The van der Waals surface area contributed by atoms with E-state index in [1.807, 2.05) is 78.9 Å². The maximum absolute atomic E-state index is 14.4. The molecule has 0 radical (unpaired) electrons. The van der Waals surface area contributed by atoms with Crippen molar-refractivity contribution in [2.24, 2.45) is 11.8 Å². The van der Waals surface area contributed by atoms with Gasteiger partial charge in [0.2, 0.25) is 35.4 Å². The number of hydrogen-bond acceptors (Lipinski definition) is 19. The third-order valence-corrected chi connectivity index (χ3v) is 18.4. The highest BCUT2D eigenvalue weighted by atomic mass is 16.5. The molecule has 8 amide bonds. The molecule has 105 heavy (non-hydrogen) atoms. The van der Waals surface area contributed by atoms with Crippen molar-refractivity contribution < 1.29 is 102 Å². The van der Waals surface area contributed by atoms with Crippen LogP contribution >= 0.6 is 0 Å². The van der Waals surface area contributed by atoms with E-state index in [9.17, 15) is 87.9 Å². The fraction of sp³-hybridized carbons (Fsp3) is 0.542. The minimum atomic E-state index is -1.68. The molecular weight excluding hydrogens is 1370 g/mol. The van der Waals surface area contributed by atoms with Crippen LogP contribution < -0.4 is 47.3 Å². The minimum Gasteiger partial charge on any atom is -0.497 e. The van der Waals surface area contributed by atoms with Crippen molar-refractivity contribution in [3.8, 4) is 5.75 Å². The number of amides is 8. The minimum absolute atomic E-state index is 0.0483. The Labute approximate surface area is 607 Å². The predicted molar refractivity (Wildman–Crippen MR) is 382 cm³/mol. The Balaban J connectivity index is 1.05. The van der Waals surface area contributed by atoms with Gasteiger partial charge in [-0.05, 0) is 134 Å². The fourth-order valence-corrected chi connectivity index (χ4v) is 12.7. The average Bonchev–Trinajstić information content (AvgIpc) is 0.773. The number of nitrogens with zero attached hydrogens (tertiary/aromatic N) is 4. The monoisotopic (exact) mass is 1470 g/mol. The van der Waals surface area contributed by atoms with Gasteiger partial charge in [0, 0.05) is 90.8 Å². The Morgan fingerprint density at radius 1 is 0.486 bits per heavy atom. The van der Waals surface area contributed by atoms with Gasteiger partial charge >= 0.3 is 41.8 Å². The molecule has 2 aliphatic rings. The zero-order valence-corrected chi connectivity index (χ0v) is 59.2. The number of benzene rings is 4. The summed E-state index contributed by atoms with van der Waals surface area (Å²) in [6, 6.07) is 18.5. The molecule has 4 atom stereocenters. The van der Waals surface area contributed by atoms with Crippen molar-refractivity contribution in [3.63, 3.8) is 0 Å². The fourth-order valence-electron chi connectivity index (χ4n) is 12.7. The van der Waals surface area contributed by atoms with E-state index in [0.717, 1.165) is 32.7 Å². The number of unbranched alkanes of at least 4 members (excludes halogenated alkanes) is 2. The van der Waals surface area contributed by atoms with Crippen LogP contribution in [0.1, 0.15) is 88.2 Å². The number of rotatable bonds is 42. The van der Waals surface area contributed by atoms with E-state index in [-0.39, 0.29) is 160 Å². The number of nitrogens with one attached hydrogen (secondary N) is 8. The lowest BCUT2D eigenvalue weighted by atomic mass is 9.81. The summed E-state index contributed by atoms with van der Waals surface area (Å²) in [5.41, 5.74) is 1.83. The zero-order chi connectivity index (χ0) is 76.2. The van der Waals surface area contributed by atoms with Gasteiger partial charge in [0.1, 0.15) is 30.5 Å². The maximum Gasteiger partial charge on any atom is 0.329 e. The van der Waals surface area contributed by atoms with Crippen molar-refractivity contribution >= 4 is 98.8 Å². The second-order valence-corrected chi connectivity index (χ2v) is 26.4. The van der Waals surface area contributed by atoms with Crippen molar-refractivity contribution in [3.05, 3.63) is 90.0 Å². The summed E-state index contributed by atoms with van der Waals surface area (Å²) in [5.74, 6) is -10.1. The predicted octanol–water partition coefficient (Wildman–Crippen LogP) is 0.931. The molecule has 0 aromatic heterocycles. The molecule has 14 N–H and O–H groups in total. The molecular formula is C72H100N12O21. The van der Waals surface area contributed by atoms with Crippen molar-refractivity contribution in [2.75, 3.05) is 125 Å². The lowest BCUT2D eigenvalue weighted by Crippen LogP contribution is -2.52. The first kappa shape index (κ1) is 83.9. The molecule has 0 spiro atoms. The first-order chi connectivity index (χ1) is 50.3. The number of fused-ring (bicyclic) bond motifs is 2. The summed E-state index contributed by atoms with van der Waals surface area (Å²) in [4.78, 5) is 172. The van der Waals surface area contributed by atoms with Gasteiger partial charge < -0.3 is 82.6 Å². The molecule has 574 valence electrons. The summed E-state index contributed by atoms with van der Waals surface area (Å²) in [7, 11) is 1.57. The van der Waals surface area contributed by atoms with Gasteiger partial charge in [-0.3, -0.25) is 62.8 Å². The number of methoxy groups -OCH3 is 1. The van der Waals surface area contributed by atoms with E-state index in [4.69, 9.17) is 14.6 Å². The van der Waals surface area contributed by atoms with E-state index >= 15 is 0 Å². The topological polar surface area (TPSA) is 471 Å². The van der Waals surface area contributed by atoms with Gasteiger partial charge in [-0.2, -0.15) is 0 Å². The Morgan fingerprint density at radius 2 is 0.990 bits per heavy atom. The van der Waals surface area contributed by atoms with E-state index in [1.165, 1.54) is 0 Å². The molecule has 2 fully saturated rings. The second kappa shape index (κ2) is 44.5. The van der Waals surface area contributed by atoms with Crippen LogP contribution in [0.3, 0.4) is 0 Å². The van der Waals surface area contributed by atoms with E-state index in [1.54, 1.807) is 26.7 Å². The molecule has 1 saturated carbocycles. The first-order valence-corrected chi connectivity index (χ1v) is 35.4. The Bertz CT molecular complexity index is 3510. The smallest absolute Gasteiger partial charge is 0.329 e. The van der Waals surface area contributed by atoms with Crippen LogP contribution in [0.5, 0.6) is 5.75 Å². The molecule has 33 heteroatoms. The molecule has 4 aromatic rings. The van der Waals surface area contributed by atoms with Gasteiger partial charge in [-0.15, -0.1) is 0 Å². The summed E-state index contributed by atoms with van der Waals surface area (Å²) in [5, 5.41) is 82.0. The molecule has 4 aromatic carbocycles. The highest BCUT2D eigenvalue weighted by molar-refractivity contribution is 6.03. The van der Waals surface area contributed by atoms with Gasteiger partial charge in [0.25, 0.3) is 0 Å². The molecule has 1 saturated heterocycles. The molecule has 0 unspecified atom stereocenters. The average molecular weight is 1470 g/mol. The van der Waals surface area contributed by atoms with Crippen LogP contribution in [0.15, 0.2) is 78.9 Å². The third-order valence-electron chi connectivity index (χ3n) is 18.4. The highest BCUT2D eigenvalue weighted by Gasteiger charge is 2.33. The largest absolute Gasteiger partial charge is 0.497 e. The van der Waals surface area contributed by atoms with Gasteiger partial charge in [-0.1, -0.05) is 60.7 Å². The number of carboxylic acids is 6. The van der Waals surface area contributed by atoms with Crippen LogP contribution in [0.4, 0.5) is 4.79 Å². The molecule has 33 nitrogen and oxygen atoms in total. The maximum atomic E-state index is 14.4. The number of aryl methyl sites for hydroxylation is 1. The Kier molecular flexibility index (Phi) is 35.6. The van der Waals surface area contributed by atoms with Gasteiger partial charge in [0.05, 0.1) is 46.4 Å². The molecule has 0 bridgehead atoms. The van der Waals surface area contributed by atoms with Gasteiger partial charge in [-0.25, -0.2) is 19.2 Å². The quantitative estimate of drug-likeness (QED) is 0.0217. The Hall–Kier alpha value is -10.1. The summed E-state index contributed by atoms with van der Waals surface area (Å²) < 4.78 is 10.0. The zero-order valence-electron chi connectivity index (χ0n) is 59.2. The van der Waals surface area contributed by atoms with Gasteiger partial charge in [0.15, 0.2) is 6.04 Å². The van der Waals surface area contributed by atoms with Crippen LogP contribution in [0.25, 0.3) is 21.5 Å². The SMILES string of the molecule is COc1ccc(CCCC(=O)NCC(=O)N[C@@H](CCCCNC(=O)CN2CCN(CC(=O)O)CCN(CC(=O)O)CCN(CC(=O)O)CC2)C(=O)NC[C@H]2CC[C@H](C(=O)N[C@@H](Cc3c4ccccc4cc4ccccc34)C(=O)NCCCC[C@H](NC(=O)N[C@@H](COCC(=O)O)C(=O)O)C(=O)O)CC2)cc1. The summed E-state index contributed by atoms with van der Waals surface area (Å²) >= 11 is 0. The number of urea groups is 1. The number of carboxylic acid groups (broad SMARTS) is 6. The molecule has 1 aliphatic heterocycles.